The van der Waals surface area contributed by atoms with Crippen LogP contribution in [0, 0.1) is 6.92 Å². The summed E-state index contributed by atoms with van der Waals surface area (Å²) in [7, 11) is 0. The van der Waals surface area contributed by atoms with Crippen LogP contribution in [0.1, 0.15) is 24.1 Å². The van der Waals surface area contributed by atoms with Crippen molar-refractivity contribution in [3.05, 3.63) is 70.7 Å². The Kier molecular flexibility index (Phi) is 3.80. The van der Waals surface area contributed by atoms with E-state index in [2.05, 4.69) is 31.3 Å². The highest BCUT2D eigenvalue weighted by Crippen LogP contribution is 2.27. The zero-order valence-electron chi connectivity index (χ0n) is 12.1. The Morgan fingerprint density at radius 2 is 1.76 bits per heavy atom. The number of para-hydroxylation sites is 1. The monoisotopic (exact) mass is 296 g/mol. The summed E-state index contributed by atoms with van der Waals surface area (Å²) < 4.78 is 0. The van der Waals surface area contributed by atoms with Crippen molar-refractivity contribution >= 4 is 28.3 Å². The maximum atomic E-state index is 6.26. The lowest BCUT2D eigenvalue weighted by molar-refractivity contribution is 0.874. The summed E-state index contributed by atoms with van der Waals surface area (Å²) in [6, 6.07) is 18.3. The van der Waals surface area contributed by atoms with Gasteiger partial charge in [-0.15, -0.1) is 0 Å². The number of hydrogen-bond donors (Lipinski definition) is 1. The van der Waals surface area contributed by atoms with Crippen molar-refractivity contribution in [2.24, 2.45) is 0 Å². The zero-order chi connectivity index (χ0) is 14.8. The quantitative estimate of drug-likeness (QED) is 0.703. The number of pyridine rings is 1. The summed E-state index contributed by atoms with van der Waals surface area (Å²) in [6.45, 7) is 4.17. The van der Waals surface area contributed by atoms with E-state index in [-0.39, 0.29) is 6.04 Å². The standard InChI is InChI=1S/C18H17ClN2/c1-12-11-14-7-3-6-10-17(14)21-18(12)20-13(2)15-8-4-5-9-16(15)19/h3-11,13H,1-2H3,(H,20,21). The smallest absolute Gasteiger partial charge is 0.130 e. The Bertz CT molecular complexity index is 783. The minimum absolute atomic E-state index is 0.103. The molecule has 3 heteroatoms. The molecule has 0 saturated carbocycles. The molecule has 0 spiro atoms. The molecule has 0 aliphatic heterocycles. The van der Waals surface area contributed by atoms with E-state index in [9.17, 15) is 0 Å². The van der Waals surface area contributed by atoms with Crippen LogP contribution in [0.3, 0.4) is 0 Å². The van der Waals surface area contributed by atoms with Gasteiger partial charge in [0.2, 0.25) is 0 Å². The molecule has 2 aromatic carbocycles. The number of fused-ring (bicyclic) bond motifs is 1. The summed E-state index contributed by atoms with van der Waals surface area (Å²) in [5.74, 6) is 0.904. The van der Waals surface area contributed by atoms with E-state index < -0.39 is 0 Å². The van der Waals surface area contributed by atoms with Gasteiger partial charge in [0.15, 0.2) is 0 Å². The maximum Gasteiger partial charge on any atom is 0.130 e. The van der Waals surface area contributed by atoms with Crippen molar-refractivity contribution in [2.45, 2.75) is 19.9 Å². The minimum Gasteiger partial charge on any atom is -0.363 e. The third kappa shape index (κ3) is 2.86. The predicted molar refractivity (Wildman–Crippen MR) is 90.0 cm³/mol. The molecule has 1 unspecified atom stereocenters. The van der Waals surface area contributed by atoms with Gasteiger partial charge in [0.25, 0.3) is 0 Å². The normalized spacial score (nSPS) is 12.3. The highest BCUT2D eigenvalue weighted by molar-refractivity contribution is 6.31. The van der Waals surface area contributed by atoms with E-state index in [0.717, 1.165) is 32.9 Å². The summed E-state index contributed by atoms with van der Waals surface area (Å²) in [4.78, 5) is 4.72. The fourth-order valence-electron chi connectivity index (χ4n) is 2.48. The second kappa shape index (κ2) is 5.74. The van der Waals surface area contributed by atoms with E-state index in [1.54, 1.807) is 0 Å². The topological polar surface area (TPSA) is 24.9 Å². The molecule has 0 aliphatic carbocycles. The third-order valence-electron chi connectivity index (χ3n) is 3.64. The first-order valence-electron chi connectivity index (χ1n) is 7.02. The number of nitrogens with zero attached hydrogens (tertiary/aromatic N) is 1. The number of halogens is 1. The van der Waals surface area contributed by atoms with Crippen LogP contribution in [0.2, 0.25) is 5.02 Å². The number of aromatic nitrogens is 1. The van der Waals surface area contributed by atoms with Crippen LogP contribution in [-0.4, -0.2) is 4.98 Å². The molecule has 0 bridgehead atoms. The predicted octanol–water partition coefficient (Wildman–Crippen LogP) is 5.37. The van der Waals surface area contributed by atoms with Crippen molar-refractivity contribution in [3.8, 4) is 0 Å². The van der Waals surface area contributed by atoms with Gasteiger partial charge in [0.1, 0.15) is 5.82 Å². The third-order valence-corrected chi connectivity index (χ3v) is 3.98. The fourth-order valence-corrected chi connectivity index (χ4v) is 2.78. The van der Waals surface area contributed by atoms with Crippen molar-refractivity contribution in [3.63, 3.8) is 0 Å². The highest BCUT2D eigenvalue weighted by Gasteiger charge is 2.11. The molecule has 0 aliphatic rings. The molecular formula is C18H17ClN2. The number of anilines is 1. The van der Waals surface area contributed by atoms with Gasteiger partial charge >= 0.3 is 0 Å². The Morgan fingerprint density at radius 1 is 1.05 bits per heavy atom. The number of rotatable bonds is 3. The summed E-state index contributed by atoms with van der Waals surface area (Å²) >= 11 is 6.26. The van der Waals surface area contributed by atoms with Crippen molar-refractivity contribution in [1.29, 1.82) is 0 Å². The van der Waals surface area contributed by atoms with Gasteiger partial charge in [-0.3, -0.25) is 0 Å². The van der Waals surface area contributed by atoms with Crippen molar-refractivity contribution in [1.82, 2.24) is 4.98 Å². The Hall–Kier alpha value is -2.06. The lowest BCUT2D eigenvalue weighted by atomic mass is 10.1. The van der Waals surface area contributed by atoms with Gasteiger partial charge in [0, 0.05) is 10.4 Å². The Morgan fingerprint density at radius 3 is 2.57 bits per heavy atom. The van der Waals surface area contributed by atoms with E-state index in [1.807, 2.05) is 42.5 Å². The molecule has 3 aromatic rings. The molecule has 1 N–H and O–H groups in total. The molecule has 3 rings (SSSR count). The molecular weight excluding hydrogens is 280 g/mol. The van der Waals surface area contributed by atoms with Gasteiger partial charge in [-0.25, -0.2) is 4.98 Å². The number of hydrogen-bond acceptors (Lipinski definition) is 2. The van der Waals surface area contributed by atoms with Crippen LogP contribution >= 0.6 is 11.6 Å². The van der Waals surface area contributed by atoms with Gasteiger partial charge in [-0.2, -0.15) is 0 Å². The van der Waals surface area contributed by atoms with Gasteiger partial charge < -0.3 is 5.32 Å². The van der Waals surface area contributed by atoms with Crippen LogP contribution in [0.25, 0.3) is 10.9 Å². The SMILES string of the molecule is Cc1cc2ccccc2nc1NC(C)c1ccccc1Cl. The number of nitrogens with one attached hydrogen (secondary N) is 1. The molecule has 1 heterocycles. The molecule has 21 heavy (non-hydrogen) atoms. The fraction of sp³-hybridized carbons (Fsp3) is 0.167. The highest BCUT2D eigenvalue weighted by atomic mass is 35.5. The largest absolute Gasteiger partial charge is 0.363 e. The molecule has 2 nitrogen and oxygen atoms in total. The van der Waals surface area contributed by atoms with Crippen molar-refractivity contribution in [2.75, 3.05) is 5.32 Å². The average molecular weight is 297 g/mol. The summed E-state index contributed by atoms with van der Waals surface area (Å²) in [6.07, 6.45) is 0. The van der Waals surface area contributed by atoms with Crippen LogP contribution in [0.5, 0.6) is 0 Å². The first kappa shape index (κ1) is 13.9. The summed E-state index contributed by atoms with van der Waals surface area (Å²) in [5.41, 5.74) is 3.21. The average Bonchev–Trinajstić information content (AvgIpc) is 2.48. The molecule has 0 amide bonds. The van der Waals surface area contributed by atoms with Crippen LogP contribution in [0.15, 0.2) is 54.6 Å². The summed E-state index contributed by atoms with van der Waals surface area (Å²) in [5, 5.41) is 5.40. The Balaban J connectivity index is 1.94. The lowest BCUT2D eigenvalue weighted by Crippen LogP contribution is -2.09. The molecule has 1 aromatic heterocycles. The zero-order valence-corrected chi connectivity index (χ0v) is 12.9. The first-order valence-corrected chi connectivity index (χ1v) is 7.40. The van der Waals surface area contributed by atoms with Crippen LogP contribution in [-0.2, 0) is 0 Å². The maximum absolute atomic E-state index is 6.26. The number of benzene rings is 2. The first-order chi connectivity index (χ1) is 10.1. The molecule has 0 fully saturated rings. The van der Waals surface area contributed by atoms with Crippen molar-refractivity contribution < 1.29 is 0 Å². The van der Waals surface area contributed by atoms with Gasteiger partial charge in [-0.05, 0) is 43.2 Å². The van der Waals surface area contributed by atoms with E-state index in [0.29, 0.717) is 0 Å². The van der Waals surface area contributed by atoms with Crippen LogP contribution in [0.4, 0.5) is 5.82 Å². The molecule has 1 atom stereocenters. The number of aryl methyl sites for hydroxylation is 1. The molecule has 106 valence electrons. The molecule has 0 radical (unpaired) electrons. The minimum atomic E-state index is 0.103. The van der Waals surface area contributed by atoms with E-state index in [1.165, 1.54) is 0 Å². The van der Waals surface area contributed by atoms with E-state index >= 15 is 0 Å². The second-order valence-corrected chi connectivity index (χ2v) is 5.64. The van der Waals surface area contributed by atoms with Gasteiger partial charge in [0.05, 0.1) is 11.6 Å². The van der Waals surface area contributed by atoms with Gasteiger partial charge in [-0.1, -0.05) is 48.0 Å². The van der Waals surface area contributed by atoms with E-state index in [4.69, 9.17) is 16.6 Å². The Labute approximate surface area is 129 Å². The molecule has 0 saturated heterocycles. The second-order valence-electron chi connectivity index (χ2n) is 5.23. The lowest BCUT2D eigenvalue weighted by Gasteiger charge is -2.18. The van der Waals surface area contributed by atoms with Crippen LogP contribution < -0.4 is 5.32 Å².